The molecule has 118 valence electrons. The van der Waals surface area contributed by atoms with Crippen molar-refractivity contribution in [2.24, 2.45) is 5.92 Å². The second kappa shape index (κ2) is 10.7. The number of hydrogen-bond donors (Lipinski definition) is 2. The van der Waals surface area contributed by atoms with E-state index in [1.165, 1.54) is 39.5 Å². The average molecular weight is 288 g/mol. The monoisotopic (exact) mass is 288 g/mol. The molecule has 5 heteroatoms. The van der Waals surface area contributed by atoms with Gasteiger partial charge in [-0.3, -0.25) is 9.59 Å². The fourth-order valence-corrected chi connectivity index (χ4v) is 2.61. The summed E-state index contributed by atoms with van der Waals surface area (Å²) in [6, 6.07) is 0.986. The number of hydrogen-bond acceptors (Lipinski definition) is 3. The number of methoxy groups -OCH3 is 1. The zero-order valence-corrected chi connectivity index (χ0v) is 13.3. The van der Waals surface area contributed by atoms with E-state index in [1.807, 2.05) is 4.90 Å². The first-order valence-corrected chi connectivity index (χ1v) is 7.53. The first-order valence-electron chi connectivity index (χ1n) is 7.53. The van der Waals surface area contributed by atoms with Crippen LogP contribution in [0.4, 0.5) is 0 Å². The van der Waals surface area contributed by atoms with Crippen molar-refractivity contribution in [2.75, 3.05) is 20.2 Å². The summed E-state index contributed by atoms with van der Waals surface area (Å²) in [7, 11) is 1.23. The first kappa shape index (κ1) is 18.9. The number of carboxylic acids is 1. The van der Waals surface area contributed by atoms with Crippen LogP contribution < -0.4 is 4.90 Å². The van der Waals surface area contributed by atoms with Gasteiger partial charge in [-0.1, -0.05) is 13.8 Å². The maximum Gasteiger partial charge on any atom is 0.306 e. The van der Waals surface area contributed by atoms with Gasteiger partial charge < -0.3 is 14.7 Å². The fourth-order valence-electron chi connectivity index (χ4n) is 2.61. The number of rotatable bonds is 6. The molecule has 1 heterocycles. The number of carboxylic acid groups (broad SMARTS) is 1. The summed E-state index contributed by atoms with van der Waals surface area (Å²) in [5.41, 5.74) is 0. The number of aliphatic carboxylic acids is 1. The minimum Gasteiger partial charge on any atom is -0.481 e. The van der Waals surface area contributed by atoms with Crippen LogP contribution in [0.3, 0.4) is 0 Å². The molecule has 20 heavy (non-hydrogen) atoms. The molecule has 1 saturated heterocycles. The van der Waals surface area contributed by atoms with Crippen LogP contribution in [0.2, 0.25) is 0 Å². The zero-order chi connectivity index (χ0) is 15.5. The van der Waals surface area contributed by atoms with Crippen LogP contribution in [0.25, 0.3) is 0 Å². The Balaban J connectivity index is 0.000000370. The number of ether oxygens (including phenoxy) is 1. The van der Waals surface area contributed by atoms with Crippen molar-refractivity contribution in [2.45, 2.75) is 58.9 Å². The molecule has 1 fully saturated rings. The van der Waals surface area contributed by atoms with Gasteiger partial charge in [0, 0.05) is 19.3 Å². The third-order valence-corrected chi connectivity index (χ3v) is 3.61. The molecule has 1 aliphatic heterocycles. The third kappa shape index (κ3) is 8.91. The maximum absolute atomic E-state index is 10.2. The molecule has 2 unspecified atom stereocenters. The molecule has 2 atom stereocenters. The number of likely N-dealkylation sites (tertiary alicyclic amines) is 1. The number of quaternary nitrogens is 1. The molecule has 0 aromatic carbocycles. The Morgan fingerprint density at radius 1 is 1.35 bits per heavy atom. The highest BCUT2D eigenvalue weighted by Crippen LogP contribution is 2.10. The summed E-state index contributed by atoms with van der Waals surface area (Å²) in [5.74, 6) is -0.586. The molecule has 5 nitrogen and oxygen atoms in total. The predicted molar refractivity (Wildman–Crippen MR) is 77.7 cm³/mol. The Kier molecular flexibility index (Phi) is 10.1. The molecular formula is C15H30NO4+. The van der Waals surface area contributed by atoms with Crippen LogP contribution in [0.5, 0.6) is 0 Å². The van der Waals surface area contributed by atoms with Gasteiger partial charge in [-0.25, -0.2) is 0 Å². The van der Waals surface area contributed by atoms with Gasteiger partial charge in [-0.15, -0.1) is 0 Å². The highest BCUT2D eigenvalue weighted by atomic mass is 16.5. The van der Waals surface area contributed by atoms with E-state index in [9.17, 15) is 9.59 Å². The molecule has 0 bridgehead atoms. The van der Waals surface area contributed by atoms with Crippen LogP contribution in [0, 0.1) is 5.92 Å². The van der Waals surface area contributed by atoms with Crippen LogP contribution >= 0.6 is 0 Å². The quantitative estimate of drug-likeness (QED) is 0.719. The average Bonchev–Trinajstić information content (AvgIpc) is 2.83. The van der Waals surface area contributed by atoms with Crippen molar-refractivity contribution in [1.29, 1.82) is 0 Å². The van der Waals surface area contributed by atoms with Gasteiger partial charge in [-0.05, 0) is 12.8 Å². The number of carbonyl (C=O) groups excluding carboxylic acids is 1. The van der Waals surface area contributed by atoms with Crippen molar-refractivity contribution in [1.82, 2.24) is 0 Å². The van der Waals surface area contributed by atoms with Crippen LogP contribution in [0.15, 0.2) is 0 Å². The second-order valence-corrected chi connectivity index (χ2v) is 5.70. The summed E-state index contributed by atoms with van der Waals surface area (Å²) >= 11 is 0. The molecule has 0 saturated carbocycles. The van der Waals surface area contributed by atoms with E-state index < -0.39 is 11.9 Å². The van der Waals surface area contributed by atoms with Gasteiger partial charge >= 0.3 is 11.9 Å². The minimum atomic E-state index is -0.986. The molecule has 0 aliphatic carbocycles. The van der Waals surface area contributed by atoms with Gasteiger partial charge in [0.15, 0.2) is 0 Å². The fraction of sp³-hybridized carbons (Fsp3) is 0.867. The summed E-state index contributed by atoms with van der Waals surface area (Å²) in [4.78, 5) is 21.9. The van der Waals surface area contributed by atoms with E-state index in [4.69, 9.17) is 5.11 Å². The molecule has 0 radical (unpaired) electrons. The lowest BCUT2D eigenvalue weighted by Gasteiger charge is -2.21. The molecule has 0 aromatic heterocycles. The molecule has 0 aromatic rings. The van der Waals surface area contributed by atoms with Crippen molar-refractivity contribution in [3.63, 3.8) is 0 Å². The highest BCUT2D eigenvalue weighted by Gasteiger charge is 2.26. The van der Waals surface area contributed by atoms with Gasteiger partial charge in [0.2, 0.25) is 0 Å². The Labute approximate surface area is 122 Å². The summed E-state index contributed by atoms with van der Waals surface area (Å²) in [5, 5.41) is 8.05. The Morgan fingerprint density at radius 3 is 2.45 bits per heavy atom. The van der Waals surface area contributed by atoms with Crippen molar-refractivity contribution in [3.05, 3.63) is 0 Å². The van der Waals surface area contributed by atoms with Crippen LogP contribution in [0.1, 0.15) is 52.9 Å². The SMILES string of the molecule is CC[NH+]1CCCC1CC(C)C.COC(=O)CCC(=O)O. The Morgan fingerprint density at radius 2 is 2.00 bits per heavy atom. The predicted octanol–water partition coefficient (Wildman–Crippen LogP) is 1.12. The molecule has 0 spiro atoms. The number of nitrogens with one attached hydrogen (secondary N) is 1. The van der Waals surface area contributed by atoms with E-state index >= 15 is 0 Å². The highest BCUT2D eigenvalue weighted by molar-refractivity contribution is 5.76. The normalized spacial score (nSPS) is 21.2. The van der Waals surface area contributed by atoms with E-state index in [2.05, 4.69) is 25.5 Å². The lowest BCUT2D eigenvalue weighted by molar-refractivity contribution is -0.911. The summed E-state index contributed by atoms with van der Waals surface area (Å²) in [6.07, 6.45) is 4.16. The van der Waals surface area contributed by atoms with Gasteiger partial charge in [0.25, 0.3) is 0 Å². The largest absolute Gasteiger partial charge is 0.481 e. The standard InChI is InChI=1S/C10H21N.C5H8O4/c1-4-11-7-5-6-10(11)8-9(2)3;1-9-5(8)3-2-4(6)7/h9-10H,4-8H2,1-3H3;2-3H2,1H3,(H,6,7)/p+1. The molecule has 0 amide bonds. The second-order valence-electron chi connectivity index (χ2n) is 5.70. The van der Waals surface area contributed by atoms with E-state index in [1.54, 1.807) is 0 Å². The van der Waals surface area contributed by atoms with Crippen molar-refractivity contribution < 1.29 is 24.3 Å². The third-order valence-electron chi connectivity index (χ3n) is 3.61. The van der Waals surface area contributed by atoms with Crippen LogP contribution in [-0.4, -0.2) is 43.3 Å². The summed E-state index contributed by atoms with van der Waals surface area (Å²) < 4.78 is 4.20. The first-order chi connectivity index (χ1) is 9.40. The van der Waals surface area contributed by atoms with Gasteiger partial charge in [0.05, 0.1) is 39.1 Å². The number of esters is 1. The lowest BCUT2D eigenvalue weighted by atomic mass is 10.0. The van der Waals surface area contributed by atoms with Crippen molar-refractivity contribution >= 4 is 11.9 Å². The van der Waals surface area contributed by atoms with Crippen LogP contribution in [-0.2, 0) is 14.3 Å². The molecule has 1 rings (SSSR count). The zero-order valence-electron chi connectivity index (χ0n) is 13.3. The Bertz CT molecular complexity index is 292. The maximum atomic E-state index is 10.2. The van der Waals surface area contributed by atoms with Crippen molar-refractivity contribution in [3.8, 4) is 0 Å². The van der Waals surface area contributed by atoms with E-state index in [0.717, 1.165) is 12.0 Å². The molecule has 1 aliphatic rings. The Hall–Kier alpha value is -1.10. The van der Waals surface area contributed by atoms with Gasteiger partial charge in [0.1, 0.15) is 0 Å². The van der Waals surface area contributed by atoms with E-state index in [-0.39, 0.29) is 12.8 Å². The minimum absolute atomic E-state index is 0.0498. The summed E-state index contributed by atoms with van der Waals surface area (Å²) in [6.45, 7) is 9.75. The molecule has 2 N–H and O–H groups in total. The topological polar surface area (TPSA) is 68.0 Å². The molecular weight excluding hydrogens is 258 g/mol. The number of carbonyl (C=O) groups is 2. The smallest absolute Gasteiger partial charge is 0.306 e. The lowest BCUT2D eigenvalue weighted by Crippen LogP contribution is -3.13. The van der Waals surface area contributed by atoms with E-state index in [0.29, 0.717) is 0 Å². The van der Waals surface area contributed by atoms with Gasteiger partial charge in [-0.2, -0.15) is 0 Å².